The van der Waals surface area contributed by atoms with Crippen molar-refractivity contribution in [2.45, 2.75) is 17.1 Å². The second-order valence-electron chi connectivity index (χ2n) is 2.60. The third-order valence-electron chi connectivity index (χ3n) is 1.59. The van der Waals surface area contributed by atoms with E-state index in [2.05, 4.69) is 5.16 Å². The molecule has 1 aromatic carbocycles. The Bertz CT molecular complexity index is 287. The molecule has 0 fully saturated rings. The van der Waals surface area contributed by atoms with Crippen molar-refractivity contribution in [2.24, 2.45) is 10.9 Å². The zero-order chi connectivity index (χ0) is 9.68. The number of thioether (sulfide) groups is 1. The monoisotopic (exact) mass is 196 g/mol. The molecule has 0 radical (unpaired) electrons. The maximum atomic E-state index is 8.43. The van der Waals surface area contributed by atoms with Crippen LogP contribution in [-0.2, 0) is 0 Å². The molecule has 1 rings (SSSR count). The highest BCUT2D eigenvalue weighted by Crippen LogP contribution is 2.22. The van der Waals surface area contributed by atoms with Gasteiger partial charge in [0, 0.05) is 4.90 Å². The third-order valence-corrected chi connectivity index (χ3v) is 2.73. The molecule has 0 spiro atoms. The van der Waals surface area contributed by atoms with Crippen LogP contribution >= 0.6 is 11.8 Å². The predicted molar refractivity (Wildman–Crippen MR) is 55.2 cm³/mol. The van der Waals surface area contributed by atoms with Gasteiger partial charge in [-0.05, 0) is 19.1 Å². The maximum Gasteiger partial charge on any atom is 0.152 e. The van der Waals surface area contributed by atoms with E-state index < -0.39 is 0 Å². The van der Waals surface area contributed by atoms with Gasteiger partial charge in [0.1, 0.15) is 0 Å². The molecule has 0 aliphatic carbocycles. The molecule has 0 aliphatic rings. The normalized spacial score (nSPS) is 14.1. The van der Waals surface area contributed by atoms with Crippen LogP contribution in [0, 0.1) is 0 Å². The fourth-order valence-corrected chi connectivity index (χ4v) is 1.74. The highest BCUT2D eigenvalue weighted by molar-refractivity contribution is 8.00. The van der Waals surface area contributed by atoms with Crippen LogP contribution in [0.5, 0.6) is 0 Å². The Morgan fingerprint density at radius 3 is 2.62 bits per heavy atom. The maximum absolute atomic E-state index is 8.43. The van der Waals surface area contributed by atoms with Gasteiger partial charge in [-0.2, -0.15) is 0 Å². The quantitative estimate of drug-likeness (QED) is 0.255. The van der Waals surface area contributed by atoms with Crippen molar-refractivity contribution in [3.8, 4) is 0 Å². The second kappa shape index (κ2) is 4.77. The molecule has 1 aromatic rings. The van der Waals surface area contributed by atoms with Crippen LogP contribution in [0.15, 0.2) is 40.4 Å². The van der Waals surface area contributed by atoms with Gasteiger partial charge in [0.15, 0.2) is 5.84 Å². The van der Waals surface area contributed by atoms with Gasteiger partial charge in [-0.25, -0.2) is 0 Å². The number of hydrogen-bond acceptors (Lipinski definition) is 3. The highest BCUT2D eigenvalue weighted by atomic mass is 32.2. The van der Waals surface area contributed by atoms with Gasteiger partial charge in [-0.3, -0.25) is 0 Å². The lowest BCUT2D eigenvalue weighted by molar-refractivity contribution is 0.317. The van der Waals surface area contributed by atoms with E-state index in [4.69, 9.17) is 10.9 Å². The highest BCUT2D eigenvalue weighted by Gasteiger charge is 2.08. The molecule has 0 saturated carbocycles. The Hall–Kier alpha value is -1.16. The van der Waals surface area contributed by atoms with Crippen LogP contribution in [-0.4, -0.2) is 16.3 Å². The van der Waals surface area contributed by atoms with Gasteiger partial charge in [0.05, 0.1) is 5.25 Å². The number of amidine groups is 1. The van der Waals surface area contributed by atoms with E-state index in [1.807, 2.05) is 37.3 Å². The molecule has 3 nitrogen and oxygen atoms in total. The van der Waals surface area contributed by atoms with Crippen LogP contribution < -0.4 is 5.73 Å². The van der Waals surface area contributed by atoms with Gasteiger partial charge in [0.25, 0.3) is 0 Å². The van der Waals surface area contributed by atoms with E-state index in [1.165, 1.54) is 0 Å². The number of hydrogen-bond donors (Lipinski definition) is 2. The first-order valence-electron chi connectivity index (χ1n) is 3.93. The summed E-state index contributed by atoms with van der Waals surface area (Å²) in [5, 5.41) is 11.4. The number of nitrogens with two attached hydrogens (primary N) is 1. The number of oxime groups is 1. The SMILES string of the molecule is CC(Sc1ccccc1)/C(N)=N/O. The summed E-state index contributed by atoms with van der Waals surface area (Å²) in [4.78, 5) is 1.11. The lowest BCUT2D eigenvalue weighted by Crippen LogP contribution is -2.23. The lowest BCUT2D eigenvalue weighted by atomic mass is 10.4. The Morgan fingerprint density at radius 1 is 1.46 bits per heavy atom. The summed E-state index contributed by atoms with van der Waals surface area (Å²) in [6.45, 7) is 1.90. The smallest absolute Gasteiger partial charge is 0.152 e. The van der Waals surface area contributed by atoms with Crippen molar-refractivity contribution in [2.75, 3.05) is 0 Å². The van der Waals surface area contributed by atoms with Crippen LogP contribution in [0.1, 0.15) is 6.92 Å². The van der Waals surface area contributed by atoms with Crippen LogP contribution in [0.3, 0.4) is 0 Å². The van der Waals surface area contributed by atoms with E-state index in [-0.39, 0.29) is 11.1 Å². The van der Waals surface area contributed by atoms with E-state index in [9.17, 15) is 0 Å². The Balaban J connectivity index is 2.60. The van der Waals surface area contributed by atoms with E-state index >= 15 is 0 Å². The van der Waals surface area contributed by atoms with Gasteiger partial charge in [0.2, 0.25) is 0 Å². The molecule has 0 aliphatic heterocycles. The molecule has 0 heterocycles. The molecule has 13 heavy (non-hydrogen) atoms. The molecule has 1 atom stereocenters. The van der Waals surface area contributed by atoms with Crippen molar-refractivity contribution in [3.05, 3.63) is 30.3 Å². The first-order chi connectivity index (χ1) is 6.24. The summed E-state index contributed by atoms with van der Waals surface area (Å²) in [5.74, 6) is 0.244. The van der Waals surface area contributed by atoms with Gasteiger partial charge in [-0.15, -0.1) is 11.8 Å². The zero-order valence-corrected chi connectivity index (χ0v) is 8.16. The van der Waals surface area contributed by atoms with E-state index in [1.54, 1.807) is 11.8 Å². The predicted octanol–water partition coefficient (Wildman–Crippen LogP) is 1.91. The Labute approximate surface area is 81.6 Å². The molecule has 70 valence electrons. The molecule has 4 heteroatoms. The van der Waals surface area contributed by atoms with Crippen molar-refractivity contribution >= 4 is 17.6 Å². The molecule has 0 bridgehead atoms. The fraction of sp³-hybridized carbons (Fsp3) is 0.222. The standard InChI is InChI=1S/C9H12N2OS/c1-7(9(10)11-12)13-8-5-3-2-4-6-8/h2-7,12H,1H3,(H2,10,11). The number of nitrogens with zero attached hydrogens (tertiary/aromatic N) is 1. The fourth-order valence-electron chi connectivity index (χ4n) is 0.845. The third kappa shape index (κ3) is 2.99. The molecular formula is C9H12N2OS. The van der Waals surface area contributed by atoms with Crippen molar-refractivity contribution in [1.82, 2.24) is 0 Å². The van der Waals surface area contributed by atoms with Crippen molar-refractivity contribution in [1.29, 1.82) is 0 Å². The Kier molecular flexibility index (Phi) is 3.64. The van der Waals surface area contributed by atoms with Gasteiger partial charge < -0.3 is 10.9 Å². The van der Waals surface area contributed by atoms with E-state index in [0.29, 0.717) is 0 Å². The minimum absolute atomic E-state index is 0.00704. The zero-order valence-electron chi connectivity index (χ0n) is 7.34. The van der Waals surface area contributed by atoms with Crippen LogP contribution in [0.2, 0.25) is 0 Å². The molecular weight excluding hydrogens is 184 g/mol. The first kappa shape index (κ1) is 9.92. The number of rotatable bonds is 3. The van der Waals surface area contributed by atoms with Crippen molar-refractivity contribution < 1.29 is 5.21 Å². The molecule has 0 amide bonds. The topological polar surface area (TPSA) is 58.6 Å². The molecule has 0 aromatic heterocycles. The largest absolute Gasteiger partial charge is 0.409 e. The summed E-state index contributed by atoms with van der Waals surface area (Å²) in [6.07, 6.45) is 0. The summed E-state index contributed by atoms with van der Waals surface area (Å²) < 4.78 is 0. The average Bonchev–Trinajstić information content (AvgIpc) is 2.18. The molecule has 3 N–H and O–H groups in total. The molecule has 0 saturated heterocycles. The summed E-state index contributed by atoms with van der Waals surface area (Å²) >= 11 is 1.56. The summed E-state index contributed by atoms with van der Waals surface area (Å²) in [7, 11) is 0. The van der Waals surface area contributed by atoms with Crippen molar-refractivity contribution in [3.63, 3.8) is 0 Å². The first-order valence-corrected chi connectivity index (χ1v) is 4.81. The van der Waals surface area contributed by atoms with Crippen LogP contribution in [0.4, 0.5) is 0 Å². The minimum Gasteiger partial charge on any atom is -0.409 e. The summed E-state index contributed by atoms with van der Waals surface area (Å²) in [6, 6.07) is 9.86. The Morgan fingerprint density at radius 2 is 2.08 bits per heavy atom. The molecule has 1 unspecified atom stereocenters. The second-order valence-corrected chi connectivity index (χ2v) is 4.01. The average molecular weight is 196 g/mol. The van der Waals surface area contributed by atoms with E-state index in [0.717, 1.165) is 4.90 Å². The van der Waals surface area contributed by atoms with Gasteiger partial charge >= 0.3 is 0 Å². The van der Waals surface area contributed by atoms with Gasteiger partial charge in [-0.1, -0.05) is 23.4 Å². The number of benzene rings is 1. The summed E-state index contributed by atoms with van der Waals surface area (Å²) in [5.41, 5.74) is 5.44. The lowest BCUT2D eigenvalue weighted by Gasteiger charge is -2.08. The minimum atomic E-state index is -0.00704. The van der Waals surface area contributed by atoms with Crippen LogP contribution in [0.25, 0.3) is 0 Å².